The van der Waals surface area contributed by atoms with Crippen LogP contribution in [0.1, 0.15) is 81.6 Å². The number of Topliss-reactive ketones (excluding diaryl/α,β-unsaturated/α-hetero) is 1. The number of carbonyl (C=O) groups excluding carboxylic acids is 5. The Bertz CT molecular complexity index is 1120. The van der Waals surface area contributed by atoms with Crippen LogP contribution in [-0.2, 0) is 23.9 Å². The Morgan fingerprint density at radius 2 is 1.69 bits per heavy atom. The first-order chi connectivity index (χ1) is 20.8. The van der Waals surface area contributed by atoms with Gasteiger partial charge in [0.1, 0.15) is 17.9 Å². The van der Waals surface area contributed by atoms with Crippen molar-refractivity contribution in [1.82, 2.24) is 26.2 Å². The number of ketones is 1. The van der Waals surface area contributed by atoms with Crippen LogP contribution in [0.5, 0.6) is 0 Å². The molecule has 0 aromatic heterocycles. The molecule has 0 aromatic rings. The summed E-state index contributed by atoms with van der Waals surface area (Å²) in [6.07, 6.45) is 5.73. The van der Waals surface area contributed by atoms with Crippen LogP contribution in [0.25, 0.3) is 0 Å². The molecular formula is C33H55N5O7. The fraction of sp³-hybridized carbons (Fsp3) is 0.727. The molecule has 2 aliphatic rings. The Balaban J connectivity index is 2.28. The molecule has 12 heteroatoms. The van der Waals surface area contributed by atoms with E-state index < -0.39 is 71.0 Å². The maximum Gasteiger partial charge on any atom is 0.329 e. The van der Waals surface area contributed by atoms with Gasteiger partial charge in [-0.05, 0) is 44.4 Å². The normalized spacial score (nSPS) is 22.2. The number of ether oxygens (including phenoxy) is 1. The molecule has 0 radical (unpaired) electrons. The molecule has 0 spiro atoms. The van der Waals surface area contributed by atoms with Gasteiger partial charge in [0.2, 0.25) is 11.7 Å². The molecule has 7 atom stereocenters. The van der Waals surface area contributed by atoms with Crippen LogP contribution in [0.15, 0.2) is 24.8 Å². The number of aliphatic hydroxyl groups is 1. The third kappa shape index (κ3) is 10.4. The maximum atomic E-state index is 13.8. The summed E-state index contributed by atoms with van der Waals surface area (Å²) in [5, 5.41) is 22.6. The van der Waals surface area contributed by atoms with E-state index in [1.807, 2.05) is 39.8 Å². The lowest BCUT2D eigenvalue weighted by Gasteiger charge is -2.41. The molecule has 254 valence electrons. The molecule has 0 aromatic carbocycles. The van der Waals surface area contributed by atoms with Crippen LogP contribution in [0.4, 0.5) is 4.79 Å². The molecule has 0 saturated carbocycles. The van der Waals surface area contributed by atoms with Crippen molar-refractivity contribution in [3.05, 3.63) is 24.8 Å². The average Bonchev–Trinajstić information content (AvgIpc) is 3.18. The number of fused-ring (bicyclic) bond motifs is 1. The monoisotopic (exact) mass is 633 g/mol. The van der Waals surface area contributed by atoms with Gasteiger partial charge < -0.3 is 31.1 Å². The molecule has 1 saturated heterocycles. The van der Waals surface area contributed by atoms with E-state index >= 15 is 0 Å². The first-order valence-electron chi connectivity index (χ1n) is 16.0. The molecule has 1 fully saturated rings. The van der Waals surface area contributed by atoms with E-state index in [2.05, 4.69) is 27.8 Å². The number of rotatable bonds is 15. The van der Waals surface area contributed by atoms with Crippen molar-refractivity contribution in [2.75, 3.05) is 13.1 Å². The van der Waals surface area contributed by atoms with Crippen molar-refractivity contribution in [3.63, 3.8) is 0 Å². The van der Waals surface area contributed by atoms with Crippen LogP contribution >= 0.6 is 0 Å². The quantitative estimate of drug-likeness (QED) is 0.104. The number of hydrogen-bond acceptors (Lipinski definition) is 8. The smallest absolute Gasteiger partial charge is 0.329 e. The molecule has 1 aliphatic carbocycles. The SMILES string of the molecule is C=CCNC(=O)C(=O)C(CCCC)NC(=O)[C@@H]1[C@H]2C=C[C@H]2CN1C(O)[C@@H](NC(=O)N[C@H](C(=O)OC(C)(C)C)C(C)C)C(C)(C)C. The van der Waals surface area contributed by atoms with Gasteiger partial charge in [0.25, 0.3) is 5.91 Å². The zero-order valence-corrected chi connectivity index (χ0v) is 28.4. The zero-order valence-electron chi connectivity index (χ0n) is 28.4. The van der Waals surface area contributed by atoms with Crippen LogP contribution in [-0.4, -0.2) is 88.7 Å². The lowest BCUT2D eigenvalue weighted by Crippen LogP contribution is -2.63. The first kappa shape index (κ1) is 37.9. The van der Waals surface area contributed by atoms with E-state index in [0.717, 1.165) is 6.42 Å². The van der Waals surface area contributed by atoms with E-state index in [4.69, 9.17) is 4.74 Å². The summed E-state index contributed by atoms with van der Waals surface area (Å²) in [5.41, 5.74) is -1.41. The molecule has 0 bridgehead atoms. The van der Waals surface area contributed by atoms with Crippen molar-refractivity contribution in [2.24, 2.45) is 23.2 Å². The molecule has 1 heterocycles. The number of hydrogen-bond donors (Lipinski definition) is 5. The highest BCUT2D eigenvalue weighted by Gasteiger charge is 2.52. The third-order valence-corrected chi connectivity index (χ3v) is 8.07. The number of aliphatic hydroxyl groups excluding tert-OH is 1. The first-order valence-corrected chi connectivity index (χ1v) is 16.0. The highest BCUT2D eigenvalue weighted by atomic mass is 16.6. The van der Waals surface area contributed by atoms with Gasteiger partial charge in [-0.1, -0.05) is 72.6 Å². The van der Waals surface area contributed by atoms with Crippen LogP contribution in [0.2, 0.25) is 0 Å². The fourth-order valence-electron chi connectivity index (χ4n) is 5.56. The van der Waals surface area contributed by atoms with E-state index in [9.17, 15) is 29.1 Å². The lowest BCUT2D eigenvalue weighted by atomic mass is 9.80. The Morgan fingerprint density at radius 3 is 2.18 bits per heavy atom. The Kier molecular flexibility index (Phi) is 13.4. The molecule has 4 amide bonds. The second-order valence-electron chi connectivity index (χ2n) is 14.5. The number of amides is 4. The Hall–Kier alpha value is -3.25. The predicted molar refractivity (Wildman–Crippen MR) is 172 cm³/mol. The highest BCUT2D eigenvalue weighted by molar-refractivity contribution is 6.38. The van der Waals surface area contributed by atoms with Crippen LogP contribution < -0.4 is 21.3 Å². The van der Waals surface area contributed by atoms with E-state index in [1.165, 1.54) is 6.08 Å². The van der Waals surface area contributed by atoms with Crippen LogP contribution in [0.3, 0.4) is 0 Å². The summed E-state index contributed by atoms with van der Waals surface area (Å²) < 4.78 is 5.50. The van der Waals surface area contributed by atoms with Gasteiger partial charge in [0.15, 0.2) is 0 Å². The molecule has 2 rings (SSSR count). The van der Waals surface area contributed by atoms with Gasteiger partial charge in [-0.25, -0.2) is 9.59 Å². The topological polar surface area (TPSA) is 166 Å². The largest absolute Gasteiger partial charge is 0.458 e. The standard InChI is InChI=1S/C33H55N5O7/c1-11-13-14-22(25(39)28(41)34-17-12-2)35-27(40)24-21-16-15-20(21)18-38(24)29(42)26(32(5,6)7)37-31(44)36-23(19(3)4)30(43)45-33(8,9)10/h12,15-16,19-24,26,29,42H,2,11,13-14,17-18H2,1,3-10H3,(H,34,41)(H,35,40)(H2,36,37,44)/t20-,21-,22?,23-,24-,26+,29?/m0/s1. The summed E-state index contributed by atoms with van der Waals surface area (Å²) in [6, 6.07) is -4.29. The van der Waals surface area contributed by atoms with Crippen molar-refractivity contribution >= 4 is 29.6 Å². The highest BCUT2D eigenvalue weighted by Crippen LogP contribution is 2.41. The maximum absolute atomic E-state index is 13.8. The lowest BCUT2D eigenvalue weighted by molar-refractivity contribution is -0.158. The van der Waals surface area contributed by atoms with Gasteiger partial charge in [0, 0.05) is 19.0 Å². The molecule has 1 aliphatic heterocycles. The number of urea groups is 1. The minimum atomic E-state index is -1.29. The second-order valence-corrected chi connectivity index (χ2v) is 14.5. The summed E-state index contributed by atoms with van der Waals surface area (Å²) in [4.78, 5) is 67.0. The molecule has 12 nitrogen and oxygen atoms in total. The Labute approximate surface area is 268 Å². The molecule has 45 heavy (non-hydrogen) atoms. The van der Waals surface area contributed by atoms with Gasteiger partial charge >= 0.3 is 12.0 Å². The van der Waals surface area contributed by atoms with E-state index in [1.54, 1.807) is 39.5 Å². The van der Waals surface area contributed by atoms with Gasteiger partial charge in [-0.3, -0.25) is 19.3 Å². The predicted octanol–water partition coefficient (Wildman–Crippen LogP) is 2.42. The molecule has 2 unspecified atom stereocenters. The third-order valence-electron chi connectivity index (χ3n) is 8.07. The molecular weight excluding hydrogens is 578 g/mol. The summed E-state index contributed by atoms with van der Waals surface area (Å²) in [6.45, 7) is 20.4. The van der Waals surface area contributed by atoms with Crippen molar-refractivity contribution in [1.29, 1.82) is 0 Å². The number of nitrogens with one attached hydrogen (secondary N) is 4. The van der Waals surface area contributed by atoms with Gasteiger partial charge in [0.05, 0.1) is 18.1 Å². The number of nitrogens with zero attached hydrogens (tertiary/aromatic N) is 1. The number of carbonyl (C=O) groups is 5. The van der Waals surface area contributed by atoms with Crippen molar-refractivity contribution in [2.45, 2.75) is 118 Å². The van der Waals surface area contributed by atoms with Gasteiger partial charge in [-0.2, -0.15) is 0 Å². The minimum Gasteiger partial charge on any atom is -0.458 e. The van der Waals surface area contributed by atoms with Crippen molar-refractivity contribution < 1.29 is 33.8 Å². The number of likely N-dealkylation sites (tertiary alicyclic amines) is 1. The fourth-order valence-corrected chi connectivity index (χ4v) is 5.56. The summed E-state index contributed by atoms with van der Waals surface area (Å²) in [5.74, 6) is -3.04. The Morgan fingerprint density at radius 1 is 1.04 bits per heavy atom. The van der Waals surface area contributed by atoms with Crippen LogP contribution in [0, 0.1) is 23.2 Å². The van der Waals surface area contributed by atoms with E-state index in [-0.39, 0.29) is 24.3 Å². The molecule has 5 N–H and O–H groups in total. The minimum absolute atomic E-state index is 0.00279. The zero-order chi connectivity index (χ0) is 34.3. The summed E-state index contributed by atoms with van der Waals surface area (Å²) in [7, 11) is 0. The average molecular weight is 634 g/mol. The van der Waals surface area contributed by atoms with E-state index in [0.29, 0.717) is 19.4 Å². The van der Waals surface area contributed by atoms with Crippen molar-refractivity contribution in [3.8, 4) is 0 Å². The number of unbranched alkanes of at least 4 members (excludes halogenated alkanes) is 1. The summed E-state index contributed by atoms with van der Waals surface area (Å²) >= 11 is 0. The second kappa shape index (κ2) is 15.8. The van der Waals surface area contributed by atoms with Gasteiger partial charge in [-0.15, -0.1) is 6.58 Å². The number of esters is 1.